The van der Waals surface area contributed by atoms with Crippen molar-refractivity contribution in [1.29, 1.82) is 5.26 Å². The Morgan fingerprint density at radius 2 is 1.80 bits per heavy atom. The minimum atomic E-state index is -4.37. The fourth-order valence-electron chi connectivity index (χ4n) is 1.88. The van der Waals surface area contributed by atoms with Crippen molar-refractivity contribution in [3.8, 4) is 11.9 Å². The summed E-state index contributed by atoms with van der Waals surface area (Å²) in [5, 5.41) is 15.5. The number of nitrogens with zero attached hydrogens (tertiary/aromatic N) is 3. The third kappa shape index (κ3) is 5.15. The Balaban J connectivity index is 2.08. The second kappa shape index (κ2) is 7.06. The summed E-state index contributed by atoms with van der Waals surface area (Å²) in [5.74, 6) is -2.50. The highest BCUT2D eigenvalue weighted by Crippen LogP contribution is 2.34. The highest BCUT2D eigenvalue weighted by atomic mass is 32.2. The first-order chi connectivity index (χ1) is 11.6. The quantitative estimate of drug-likeness (QED) is 0.751. The van der Waals surface area contributed by atoms with Crippen molar-refractivity contribution in [2.24, 2.45) is 0 Å². The lowest BCUT2D eigenvalue weighted by atomic mass is 10.00. The lowest BCUT2D eigenvalue weighted by Crippen LogP contribution is -2.18. The molecule has 0 N–H and O–H groups in total. The second-order valence-corrected chi connectivity index (χ2v) is 6.73. The lowest BCUT2D eigenvalue weighted by molar-refractivity contribution is -0.146. The van der Waals surface area contributed by atoms with E-state index >= 15 is 0 Å². The van der Waals surface area contributed by atoms with Crippen molar-refractivity contribution in [2.45, 2.75) is 24.8 Å². The maximum absolute atomic E-state index is 12.7. The fraction of sp³-hybridized carbons (Fsp3) is 0.267. The zero-order valence-electron chi connectivity index (χ0n) is 12.9. The van der Waals surface area contributed by atoms with Gasteiger partial charge in [-0.3, -0.25) is 0 Å². The van der Waals surface area contributed by atoms with Gasteiger partial charge in [-0.1, -0.05) is 24.3 Å². The van der Waals surface area contributed by atoms with Gasteiger partial charge < -0.3 is 4.18 Å². The van der Waals surface area contributed by atoms with Gasteiger partial charge in [-0.15, -0.1) is 10.2 Å². The Morgan fingerprint density at radius 1 is 1.16 bits per heavy atom. The Bertz CT molecular complexity index is 873. The number of halogens is 3. The normalized spacial score (nSPS) is 13.1. The van der Waals surface area contributed by atoms with Crippen LogP contribution in [0.1, 0.15) is 29.7 Å². The standard InChI is InChI=1S/C15H12F3N3O3S/c1-10(15(16,17)18)12-4-2-11(3-5-12)9-25(22,23)24-14-7-6-13(8-19)20-21-14/h2-7,10H,9H2,1H3. The molecule has 1 aromatic heterocycles. The van der Waals surface area contributed by atoms with Gasteiger partial charge in [0.25, 0.3) is 5.88 Å². The number of alkyl halides is 3. The number of nitriles is 1. The van der Waals surface area contributed by atoms with Crippen molar-refractivity contribution >= 4 is 10.1 Å². The van der Waals surface area contributed by atoms with E-state index in [1.807, 2.05) is 0 Å². The maximum Gasteiger partial charge on any atom is 0.395 e. The van der Waals surface area contributed by atoms with Crippen LogP contribution in [-0.2, 0) is 15.9 Å². The molecule has 2 rings (SSSR count). The summed E-state index contributed by atoms with van der Waals surface area (Å²) >= 11 is 0. The summed E-state index contributed by atoms with van der Waals surface area (Å²) < 4.78 is 66.6. The van der Waals surface area contributed by atoms with Crippen molar-refractivity contribution in [3.63, 3.8) is 0 Å². The summed E-state index contributed by atoms with van der Waals surface area (Å²) in [7, 11) is -4.08. The van der Waals surface area contributed by atoms with E-state index in [0.29, 0.717) is 0 Å². The molecule has 0 aliphatic heterocycles. The van der Waals surface area contributed by atoms with Gasteiger partial charge in [-0.05, 0) is 24.1 Å². The van der Waals surface area contributed by atoms with Crippen molar-refractivity contribution in [1.82, 2.24) is 10.2 Å². The fourth-order valence-corrected chi connectivity index (χ4v) is 2.89. The molecule has 1 heterocycles. The zero-order valence-corrected chi connectivity index (χ0v) is 13.7. The van der Waals surface area contributed by atoms with Crippen LogP contribution in [0.2, 0.25) is 0 Å². The summed E-state index contributed by atoms with van der Waals surface area (Å²) in [6.07, 6.45) is -4.37. The molecule has 0 saturated carbocycles. The SMILES string of the molecule is CC(c1ccc(CS(=O)(=O)Oc2ccc(C#N)nn2)cc1)C(F)(F)F. The first kappa shape index (κ1) is 18.7. The van der Waals surface area contributed by atoms with Gasteiger partial charge in [-0.2, -0.15) is 26.9 Å². The third-order valence-electron chi connectivity index (χ3n) is 3.28. The number of rotatable bonds is 5. The van der Waals surface area contributed by atoms with E-state index in [0.717, 1.165) is 6.92 Å². The largest absolute Gasteiger partial charge is 0.395 e. The number of aromatic nitrogens is 2. The second-order valence-electron chi connectivity index (χ2n) is 5.16. The van der Waals surface area contributed by atoms with E-state index in [2.05, 4.69) is 10.2 Å². The molecular weight excluding hydrogens is 359 g/mol. The minimum absolute atomic E-state index is 0.000814. The molecular formula is C15H12F3N3O3S. The predicted octanol–water partition coefficient (Wildman–Crippen LogP) is 2.92. The van der Waals surface area contributed by atoms with Crippen LogP contribution in [0, 0.1) is 11.3 Å². The molecule has 0 saturated heterocycles. The Labute approximate surface area is 142 Å². The molecule has 1 unspecified atom stereocenters. The van der Waals surface area contributed by atoms with Gasteiger partial charge in [-0.25, -0.2) is 0 Å². The van der Waals surface area contributed by atoms with Gasteiger partial charge in [0.05, 0.1) is 5.92 Å². The van der Waals surface area contributed by atoms with Crippen LogP contribution < -0.4 is 4.18 Å². The highest BCUT2D eigenvalue weighted by Gasteiger charge is 2.36. The van der Waals surface area contributed by atoms with Crippen LogP contribution in [-0.4, -0.2) is 24.8 Å². The number of hydrogen-bond donors (Lipinski definition) is 0. The smallest absolute Gasteiger partial charge is 0.360 e. The van der Waals surface area contributed by atoms with Crippen molar-refractivity contribution < 1.29 is 25.8 Å². The topological polar surface area (TPSA) is 92.9 Å². The third-order valence-corrected chi connectivity index (χ3v) is 4.39. The van der Waals surface area contributed by atoms with Gasteiger partial charge in [0, 0.05) is 6.07 Å². The molecule has 0 fully saturated rings. The monoisotopic (exact) mass is 371 g/mol. The molecule has 0 spiro atoms. The van der Waals surface area contributed by atoms with E-state index < -0.39 is 28.0 Å². The van der Waals surface area contributed by atoms with E-state index in [1.54, 1.807) is 6.07 Å². The average Bonchev–Trinajstić information content (AvgIpc) is 2.54. The summed E-state index contributed by atoms with van der Waals surface area (Å²) in [6, 6.07) is 9.18. The lowest BCUT2D eigenvalue weighted by Gasteiger charge is -2.16. The first-order valence-electron chi connectivity index (χ1n) is 6.92. The van der Waals surface area contributed by atoms with Gasteiger partial charge >= 0.3 is 16.3 Å². The van der Waals surface area contributed by atoms with E-state index in [4.69, 9.17) is 9.44 Å². The Hall–Kier alpha value is -2.67. The average molecular weight is 371 g/mol. The van der Waals surface area contributed by atoms with Crippen LogP contribution in [0.15, 0.2) is 36.4 Å². The molecule has 25 heavy (non-hydrogen) atoms. The van der Waals surface area contributed by atoms with Gasteiger partial charge in [0.1, 0.15) is 11.8 Å². The molecule has 2 aromatic rings. The van der Waals surface area contributed by atoms with E-state index in [9.17, 15) is 21.6 Å². The van der Waals surface area contributed by atoms with E-state index in [1.165, 1.54) is 36.4 Å². The predicted molar refractivity (Wildman–Crippen MR) is 80.9 cm³/mol. The van der Waals surface area contributed by atoms with Crippen LogP contribution in [0.3, 0.4) is 0 Å². The summed E-state index contributed by atoms with van der Waals surface area (Å²) in [6.45, 7) is 1.03. The van der Waals surface area contributed by atoms with Gasteiger partial charge in [0.15, 0.2) is 5.69 Å². The maximum atomic E-state index is 12.7. The molecule has 1 atom stereocenters. The summed E-state index contributed by atoms with van der Waals surface area (Å²) in [5.41, 5.74) is 0.298. The number of benzene rings is 1. The van der Waals surface area contributed by atoms with Crippen molar-refractivity contribution in [3.05, 3.63) is 53.2 Å². The molecule has 0 aliphatic carbocycles. The molecule has 6 nitrogen and oxygen atoms in total. The van der Waals surface area contributed by atoms with Crippen LogP contribution >= 0.6 is 0 Å². The molecule has 0 bridgehead atoms. The van der Waals surface area contributed by atoms with Crippen molar-refractivity contribution in [2.75, 3.05) is 0 Å². The number of hydrogen-bond acceptors (Lipinski definition) is 6. The highest BCUT2D eigenvalue weighted by molar-refractivity contribution is 7.86. The van der Waals surface area contributed by atoms with Crippen LogP contribution in [0.5, 0.6) is 5.88 Å². The molecule has 0 aliphatic rings. The summed E-state index contributed by atoms with van der Waals surface area (Å²) in [4.78, 5) is 0. The minimum Gasteiger partial charge on any atom is -0.360 e. The Kier molecular flexibility index (Phi) is 5.27. The van der Waals surface area contributed by atoms with Crippen LogP contribution in [0.4, 0.5) is 13.2 Å². The van der Waals surface area contributed by atoms with Gasteiger partial charge in [0.2, 0.25) is 0 Å². The first-order valence-corrected chi connectivity index (χ1v) is 8.50. The van der Waals surface area contributed by atoms with Crippen LogP contribution in [0.25, 0.3) is 0 Å². The Morgan fingerprint density at radius 3 is 2.28 bits per heavy atom. The molecule has 0 radical (unpaired) electrons. The molecule has 1 aromatic carbocycles. The van der Waals surface area contributed by atoms with E-state index in [-0.39, 0.29) is 22.7 Å². The molecule has 132 valence electrons. The molecule has 0 amide bonds. The molecule has 10 heteroatoms. The zero-order chi connectivity index (χ0) is 18.7.